The zero-order valence-electron chi connectivity index (χ0n) is 14.9. The Morgan fingerprint density at radius 2 is 1.70 bits per heavy atom. The fraction of sp³-hybridized carbons (Fsp3) is 0.412. The van der Waals surface area contributed by atoms with E-state index in [0.717, 1.165) is 6.20 Å². The Kier molecular flexibility index (Phi) is 5.69. The number of aromatic nitrogens is 2. The Balaban J connectivity index is 1.63. The minimum absolute atomic E-state index is 0.0599. The number of rotatable bonds is 5. The summed E-state index contributed by atoms with van der Waals surface area (Å²) in [7, 11) is -4.19. The van der Waals surface area contributed by atoms with Crippen LogP contribution in [0.2, 0.25) is 0 Å². The second kappa shape index (κ2) is 7.67. The Morgan fingerprint density at radius 3 is 2.30 bits per heavy atom. The first-order chi connectivity index (χ1) is 13.8. The zero-order chi connectivity index (χ0) is 22.3. The van der Waals surface area contributed by atoms with Crippen LogP contribution in [0.15, 0.2) is 35.4 Å². The number of benzene rings is 1. The van der Waals surface area contributed by atoms with E-state index in [4.69, 9.17) is 0 Å². The van der Waals surface area contributed by atoms with Crippen molar-refractivity contribution in [1.82, 2.24) is 9.97 Å². The Hall–Kier alpha value is -2.44. The van der Waals surface area contributed by atoms with E-state index in [1.807, 2.05) is 0 Å². The molecule has 1 aromatic heterocycles. The first kappa shape index (κ1) is 22.2. The summed E-state index contributed by atoms with van der Waals surface area (Å²) < 4.78 is 115. The van der Waals surface area contributed by atoms with Crippen LogP contribution in [0.5, 0.6) is 0 Å². The second-order valence-electron chi connectivity index (χ2n) is 6.82. The summed E-state index contributed by atoms with van der Waals surface area (Å²) in [6.07, 6.45) is -8.57. The lowest BCUT2D eigenvalue weighted by atomic mass is 9.85. The quantitative estimate of drug-likeness (QED) is 0.678. The standard InChI is InChI=1S/C17H14F7N3O2S/c18-11-5-10(16(19,20)21)6-13(7-11)30(28,29)12-3-9(4-12)8-26-14-1-2-25-15(27-14)17(22,23)24/h1-2,5-7,9,12H,3-4,8H2,(H,25,26,27). The smallest absolute Gasteiger partial charge is 0.370 e. The fourth-order valence-corrected chi connectivity index (χ4v) is 5.02. The van der Waals surface area contributed by atoms with E-state index in [1.54, 1.807) is 0 Å². The van der Waals surface area contributed by atoms with E-state index in [2.05, 4.69) is 15.3 Å². The molecule has 30 heavy (non-hydrogen) atoms. The summed E-state index contributed by atoms with van der Waals surface area (Å²) in [4.78, 5) is 5.68. The normalized spacial score (nSPS) is 20.0. The first-order valence-electron chi connectivity index (χ1n) is 8.52. The van der Waals surface area contributed by atoms with Gasteiger partial charge in [0.05, 0.1) is 15.7 Å². The first-order valence-corrected chi connectivity index (χ1v) is 10.1. The molecule has 0 amide bonds. The number of hydrogen-bond acceptors (Lipinski definition) is 5. The van der Waals surface area contributed by atoms with Crippen LogP contribution in [0, 0.1) is 11.7 Å². The monoisotopic (exact) mass is 457 g/mol. The Labute approximate surface area is 166 Å². The Bertz CT molecular complexity index is 1030. The number of nitrogens with one attached hydrogen (secondary N) is 1. The van der Waals surface area contributed by atoms with Gasteiger partial charge in [0.1, 0.15) is 11.6 Å². The van der Waals surface area contributed by atoms with E-state index in [9.17, 15) is 39.2 Å². The predicted octanol–water partition coefficient (Wildman–Crippen LogP) is 4.32. The molecule has 0 saturated heterocycles. The average molecular weight is 457 g/mol. The zero-order valence-corrected chi connectivity index (χ0v) is 15.7. The van der Waals surface area contributed by atoms with Gasteiger partial charge in [-0.1, -0.05) is 0 Å². The van der Waals surface area contributed by atoms with Crippen LogP contribution in [0.25, 0.3) is 0 Å². The maximum Gasteiger partial charge on any atom is 0.451 e. The third-order valence-corrected chi connectivity index (χ3v) is 6.79. The minimum atomic E-state index is -4.90. The highest BCUT2D eigenvalue weighted by Crippen LogP contribution is 2.38. The molecule has 1 aliphatic rings. The summed E-state index contributed by atoms with van der Waals surface area (Å²) in [6.45, 7) is 0.108. The van der Waals surface area contributed by atoms with Gasteiger partial charge in [-0.25, -0.2) is 22.8 Å². The molecule has 0 aliphatic heterocycles. The lowest BCUT2D eigenvalue weighted by Gasteiger charge is -2.35. The molecule has 1 aliphatic carbocycles. The van der Waals surface area contributed by atoms with Crippen LogP contribution in [0.1, 0.15) is 24.2 Å². The number of nitrogens with zero attached hydrogens (tertiary/aromatic N) is 2. The average Bonchev–Trinajstić information content (AvgIpc) is 2.58. The van der Waals surface area contributed by atoms with Crippen molar-refractivity contribution < 1.29 is 39.2 Å². The third-order valence-electron chi connectivity index (χ3n) is 4.64. The van der Waals surface area contributed by atoms with Crippen molar-refractivity contribution in [3.8, 4) is 0 Å². The highest BCUT2D eigenvalue weighted by molar-refractivity contribution is 7.92. The van der Waals surface area contributed by atoms with E-state index >= 15 is 0 Å². The maximum atomic E-state index is 13.5. The highest BCUT2D eigenvalue weighted by Gasteiger charge is 2.41. The Morgan fingerprint density at radius 1 is 1.03 bits per heavy atom. The van der Waals surface area contributed by atoms with Gasteiger partial charge in [-0.05, 0) is 43.0 Å². The summed E-state index contributed by atoms with van der Waals surface area (Å²) in [5.74, 6) is -2.99. The molecule has 1 fully saturated rings. The molecular weight excluding hydrogens is 443 g/mol. The van der Waals surface area contributed by atoms with Gasteiger partial charge in [-0.2, -0.15) is 26.3 Å². The van der Waals surface area contributed by atoms with Crippen molar-refractivity contribution in [3.05, 3.63) is 47.7 Å². The van der Waals surface area contributed by atoms with Gasteiger partial charge in [-0.15, -0.1) is 0 Å². The maximum absolute atomic E-state index is 13.5. The molecule has 1 saturated carbocycles. The molecule has 164 valence electrons. The van der Waals surface area contributed by atoms with Gasteiger partial charge >= 0.3 is 12.4 Å². The van der Waals surface area contributed by atoms with Crippen molar-refractivity contribution in [1.29, 1.82) is 0 Å². The fourth-order valence-electron chi connectivity index (χ4n) is 3.02. The predicted molar refractivity (Wildman–Crippen MR) is 90.6 cm³/mol. The van der Waals surface area contributed by atoms with Gasteiger partial charge in [0.15, 0.2) is 9.84 Å². The molecule has 1 N–H and O–H groups in total. The highest BCUT2D eigenvalue weighted by atomic mass is 32.2. The summed E-state index contributed by atoms with van der Waals surface area (Å²) in [6, 6.07) is 2.36. The summed E-state index contributed by atoms with van der Waals surface area (Å²) in [5.41, 5.74) is -1.40. The summed E-state index contributed by atoms with van der Waals surface area (Å²) >= 11 is 0. The van der Waals surface area contributed by atoms with E-state index in [-0.39, 0.29) is 37.2 Å². The molecule has 0 unspecified atom stereocenters. The van der Waals surface area contributed by atoms with Crippen LogP contribution >= 0.6 is 0 Å². The number of alkyl halides is 6. The molecular formula is C17H14F7N3O2S. The molecule has 2 aromatic rings. The lowest BCUT2D eigenvalue weighted by molar-refractivity contribution is -0.145. The number of hydrogen-bond donors (Lipinski definition) is 1. The van der Waals surface area contributed by atoms with Crippen LogP contribution in [0.4, 0.5) is 36.6 Å². The summed E-state index contributed by atoms with van der Waals surface area (Å²) in [5, 5.41) is 1.64. The molecule has 1 aromatic carbocycles. The van der Waals surface area contributed by atoms with Crippen molar-refractivity contribution in [2.24, 2.45) is 5.92 Å². The van der Waals surface area contributed by atoms with Crippen LogP contribution in [-0.4, -0.2) is 30.2 Å². The van der Waals surface area contributed by atoms with Crippen molar-refractivity contribution in [3.63, 3.8) is 0 Å². The molecule has 3 rings (SSSR count). The topological polar surface area (TPSA) is 72.0 Å². The van der Waals surface area contributed by atoms with Crippen molar-refractivity contribution >= 4 is 15.7 Å². The number of sulfone groups is 1. The largest absolute Gasteiger partial charge is 0.451 e. The van der Waals surface area contributed by atoms with Gasteiger partial charge in [-0.3, -0.25) is 0 Å². The molecule has 0 spiro atoms. The second-order valence-corrected chi connectivity index (χ2v) is 9.05. The molecule has 0 bridgehead atoms. The van der Waals surface area contributed by atoms with E-state index in [0.29, 0.717) is 12.1 Å². The van der Waals surface area contributed by atoms with Gasteiger partial charge in [0.2, 0.25) is 5.82 Å². The molecule has 1 heterocycles. The SMILES string of the molecule is O=S(=O)(c1cc(F)cc(C(F)(F)F)c1)C1CC(CNc2ccnc(C(F)(F)F)n2)C1. The van der Waals surface area contributed by atoms with Crippen LogP contribution in [0.3, 0.4) is 0 Å². The van der Waals surface area contributed by atoms with E-state index < -0.39 is 49.5 Å². The van der Waals surface area contributed by atoms with Gasteiger partial charge in [0, 0.05) is 12.7 Å². The minimum Gasteiger partial charge on any atom is -0.370 e. The third kappa shape index (κ3) is 4.82. The van der Waals surface area contributed by atoms with Crippen molar-refractivity contribution in [2.45, 2.75) is 35.3 Å². The van der Waals surface area contributed by atoms with Crippen LogP contribution in [-0.2, 0) is 22.2 Å². The van der Waals surface area contributed by atoms with Gasteiger partial charge in [0.25, 0.3) is 0 Å². The lowest BCUT2D eigenvalue weighted by Crippen LogP contribution is -2.39. The molecule has 0 atom stereocenters. The van der Waals surface area contributed by atoms with Gasteiger partial charge < -0.3 is 5.32 Å². The van der Waals surface area contributed by atoms with E-state index in [1.165, 1.54) is 6.07 Å². The number of halogens is 7. The molecule has 13 heteroatoms. The van der Waals surface area contributed by atoms with Crippen molar-refractivity contribution in [2.75, 3.05) is 11.9 Å². The molecule has 5 nitrogen and oxygen atoms in total. The molecule has 0 radical (unpaired) electrons. The number of anilines is 1. The van der Waals surface area contributed by atoms with Crippen LogP contribution < -0.4 is 5.32 Å².